The van der Waals surface area contributed by atoms with Crippen molar-refractivity contribution in [1.29, 1.82) is 0 Å². The minimum Gasteiger partial charge on any atom is -0.462 e. The quantitative estimate of drug-likeness (QED) is 0.0216. The van der Waals surface area contributed by atoms with E-state index in [9.17, 15) is 37.9 Å². The van der Waals surface area contributed by atoms with Gasteiger partial charge in [-0.3, -0.25) is 14.1 Å². The molecule has 6 atom stereocenters. The highest BCUT2D eigenvalue weighted by Gasteiger charge is 2.46. The second-order valence-electron chi connectivity index (χ2n) is 14.6. The summed E-state index contributed by atoms with van der Waals surface area (Å²) in [5, 5.41) is 30.8. The third-order valence-electron chi connectivity index (χ3n) is 9.48. The monoisotopic (exact) mass is 790 g/mol. The van der Waals surface area contributed by atoms with Gasteiger partial charge in [-0.25, -0.2) is 0 Å². The van der Waals surface area contributed by atoms with E-state index >= 15 is 0 Å². The zero-order chi connectivity index (χ0) is 39.9. The Morgan fingerprint density at radius 3 is 1.61 bits per heavy atom. The minimum atomic E-state index is -4.60. The Hall–Kier alpha value is -1.87. The van der Waals surface area contributed by atoms with Gasteiger partial charge < -0.3 is 34.3 Å². The van der Waals surface area contributed by atoms with Crippen LogP contribution < -0.4 is 0 Å². The Labute approximate surface area is 326 Å². The fraction of sp³-hybridized carbons (Fsp3) is 0.854. The SMILES string of the molecule is CCC/C=C\CCCCCCCC(=O)OCC(COC1OC(CS(=O)(=O)O)C(O)C(O)C1O)OC(=O)CCCCCCC/C=C\CCCCCCCCC. The fourth-order valence-electron chi connectivity index (χ4n) is 6.20. The van der Waals surface area contributed by atoms with Crippen molar-refractivity contribution in [3.8, 4) is 0 Å². The summed E-state index contributed by atoms with van der Waals surface area (Å²) in [6.45, 7) is 3.66. The van der Waals surface area contributed by atoms with E-state index in [1.54, 1.807) is 0 Å². The average molecular weight is 791 g/mol. The molecule has 0 aromatic rings. The molecule has 0 aromatic heterocycles. The summed E-state index contributed by atoms with van der Waals surface area (Å²) in [7, 11) is -4.60. The number of hydrogen-bond donors (Lipinski definition) is 4. The van der Waals surface area contributed by atoms with Crippen LogP contribution in [0.4, 0.5) is 0 Å². The molecular weight excluding hydrogens is 717 g/mol. The molecule has 4 N–H and O–H groups in total. The standard InChI is InChI=1S/C41H74O12S/c1-3-5-7-9-11-13-15-16-17-18-19-20-22-24-26-28-30-37(43)52-34(31-50-36(42)29-27-25-23-21-14-12-10-8-6-4-2)32-51-41-40(46)39(45)38(44)35(53-41)33-54(47,48)49/h8,10,17-18,34-35,38-41,44-46H,3-7,9,11-16,19-33H2,1-2H3,(H,47,48,49)/b10-8-,18-17-. The van der Waals surface area contributed by atoms with E-state index in [0.717, 1.165) is 83.5 Å². The summed E-state index contributed by atoms with van der Waals surface area (Å²) in [4.78, 5) is 25.3. The van der Waals surface area contributed by atoms with Crippen LogP contribution in [0.1, 0.15) is 168 Å². The summed E-state index contributed by atoms with van der Waals surface area (Å²) < 4.78 is 53.9. The number of ether oxygens (including phenoxy) is 4. The van der Waals surface area contributed by atoms with E-state index in [1.165, 1.54) is 44.9 Å². The van der Waals surface area contributed by atoms with E-state index in [2.05, 4.69) is 38.2 Å². The number of esters is 2. The lowest BCUT2D eigenvalue weighted by molar-refractivity contribution is -0.297. The first-order valence-corrected chi connectivity index (χ1v) is 22.5. The molecule has 1 rings (SSSR count). The number of carbonyl (C=O) groups is 2. The van der Waals surface area contributed by atoms with Crippen molar-refractivity contribution in [2.24, 2.45) is 0 Å². The topological polar surface area (TPSA) is 186 Å². The molecular formula is C41H74O12S. The second kappa shape index (κ2) is 32.2. The molecule has 1 saturated heterocycles. The molecule has 12 nitrogen and oxygen atoms in total. The van der Waals surface area contributed by atoms with E-state index in [0.29, 0.717) is 12.8 Å². The number of rotatable bonds is 34. The normalized spacial score (nSPS) is 21.2. The molecule has 0 aliphatic carbocycles. The van der Waals surface area contributed by atoms with Crippen LogP contribution in [0.15, 0.2) is 24.3 Å². The highest BCUT2D eigenvalue weighted by atomic mass is 32.2. The highest BCUT2D eigenvalue weighted by molar-refractivity contribution is 7.85. The number of hydrogen-bond acceptors (Lipinski definition) is 11. The second-order valence-corrected chi connectivity index (χ2v) is 16.1. The highest BCUT2D eigenvalue weighted by Crippen LogP contribution is 2.24. The smallest absolute Gasteiger partial charge is 0.306 e. The Bertz CT molecular complexity index is 1110. The Morgan fingerprint density at radius 2 is 1.09 bits per heavy atom. The molecule has 0 radical (unpaired) electrons. The number of allylic oxidation sites excluding steroid dienone is 4. The van der Waals surface area contributed by atoms with Gasteiger partial charge in [0.05, 0.1) is 6.61 Å². The maximum Gasteiger partial charge on any atom is 0.306 e. The molecule has 1 heterocycles. The van der Waals surface area contributed by atoms with Gasteiger partial charge in [0.2, 0.25) is 0 Å². The van der Waals surface area contributed by atoms with Crippen LogP contribution in [-0.4, -0.2) is 96.0 Å². The maximum atomic E-state index is 12.8. The van der Waals surface area contributed by atoms with Gasteiger partial charge >= 0.3 is 11.9 Å². The molecule has 6 unspecified atom stereocenters. The van der Waals surface area contributed by atoms with Gasteiger partial charge in [0.15, 0.2) is 12.4 Å². The first-order chi connectivity index (χ1) is 26.0. The number of aliphatic hydroxyl groups is 3. The number of aliphatic hydroxyl groups excluding tert-OH is 3. The van der Waals surface area contributed by atoms with Crippen molar-refractivity contribution in [1.82, 2.24) is 0 Å². The van der Waals surface area contributed by atoms with Gasteiger partial charge in [-0.2, -0.15) is 8.42 Å². The van der Waals surface area contributed by atoms with Gasteiger partial charge in [0.25, 0.3) is 10.1 Å². The van der Waals surface area contributed by atoms with Crippen molar-refractivity contribution in [2.45, 2.75) is 205 Å². The van der Waals surface area contributed by atoms with Crippen molar-refractivity contribution in [3.05, 3.63) is 24.3 Å². The molecule has 0 amide bonds. The van der Waals surface area contributed by atoms with Crippen LogP contribution in [0.25, 0.3) is 0 Å². The summed E-state index contributed by atoms with van der Waals surface area (Å²) in [5.41, 5.74) is 0. The zero-order valence-corrected chi connectivity index (χ0v) is 34.1. The molecule has 0 saturated carbocycles. The molecule has 316 valence electrons. The van der Waals surface area contributed by atoms with Crippen LogP contribution in [0.5, 0.6) is 0 Å². The van der Waals surface area contributed by atoms with Crippen LogP contribution in [0.2, 0.25) is 0 Å². The van der Waals surface area contributed by atoms with E-state index < -0.39 is 71.2 Å². The molecule has 0 bridgehead atoms. The minimum absolute atomic E-state index is 0.154. The van der Waals surface area contributed by atoms with E-state index in [1.807, 2.05) is 0 Å². The lowest BCUT2D eigenvalue weighted by atomic mass is 10.00. The van der Waals surface area contributed by atoms with Gasteiger partial charge in [-0.05, 0) is 57.8 Å². The van der Waals surface area contributed by atoms with Crippen LogP contribution in [0, 0.1) is 0 Å². The molecule has 1 aliphatic heterocycles. The predicted molar refractivity (Wildman–Crippen MR) is 210 cm³/mol. The van der Waals surface area contributed by atoms with Crippen LogP contribution >= 0.6 is 0 Å². The third kappa shape index (κ3) is 26.9. The van der Waals surface area contributed by atoms with Crippen molar-refractivity contribution in [2.75, 3.05) is 19.0 Å². The van der Waals surface area contributed by atoms with Gasteiger partial charge in [0, 0.05) is 12.8 Å². The third-order valence-corrected chi connectivity index (χ3v) is 10.2. The molecule has 0 spiro atoms. The molecule has 0 aromatic carbocycles. The average Bonchev–Trinajstić information content (AvgIpc) is 3.13. The van der Waals surface area contributed by atoms with Crippen LogP contribution in [-0.2, 0) is 38.7 Å². The summed E-state index contributed by atoms with van der Waals surface area (Å²) >= 11 is 0. The summed E-state index contributed by atoms with van der Waals surface area (Å²) in [6, 6.07) is 0. The van der Waals surface area contributed by atoms with E-state index in [-0.39, 0.29) is 19.4 Å². The van der Waals surface area contributed by atoms with Crippen molar-refractivity contribution >= 4 is 22.1 Å². The molecule has 1 fully saturated rings. The van der Waals surface area contributed by atoms with Crippen molar-refractivity contribution < 1.29 is 56.8 Å². The number of carbonyl (C=O) groups excluding carboxylic acids is 2. The first-order valence-electron chi connectivity index (χ1n) is 20.9. The van der Waals surface area contributed by atoms with Gasteiger partial charge in [0.1, 0.15) is 36.8 Å². The lowest BCUT2D eigenvalue weighted by Gasteiger charge is -2.40. The largest absolute Gasteiger partial charge is 0.462 e. The van der Waals surface area contributed by atoms with E-state index in [4.69, 9.17) is 18.9 Å². The van der Waals surface area contributed by atoms with Gasteiger partial charge in [-0.1, -0.05) is 122 Å². The summed E-state index contributed by atoms with van der Waals surface area (Å²) in [6.07, 6.45) is 23.8. The molecule has 13 heteroatoms. The molecule has 54 heavy (non-hydrogen) atoms. The van der Waals surface area contributed by atoms with Crippen molar-refractivity contribution in [3.63, 3.8) is 0 Å². The lowest BCUT2D eigenvalue weighted by Crippen LogP contribution is -2.60. The number of unbranched alkanes of at least 4 members (excludes halogenated alkanes) is 18. The fourth-order valence-corrected chi connectivity index (χ4v) is 6.89. The maximum absolute atomic E-state index is 12.8. The Kier molecular flexibility index (Phi) is 29.9. The first kappa shape index (κ1) is 50.1. The molecule has 1 aliphatic rings. The van der Waals surface area contributed by atoms with Gasteiger partial charge in [-0.15, -0.1) is 0 Å². The van der Waals surface area contributed by atoms with Crippen LogP contribution in [0.3, 0.4) is 0 Å². The summed E-state index contributed by atoms with van der Waals surface area (Å²) in [5.74, 6) is -2.01. The predicted octanol–water partition coefficient (Wildman–Crippen LogP) is 7.67. The Morgan fingerprint density at radius 1 is 0.611 bits per heavy atom. The Balaban J connectivity index is 2.49. The zero-order valence-electron chi connectivity index (χ0n) is 33.3.